The number of nitrogens with zero attached hydrogens (tertiary/aromatic N) is 7. The molecule has 0 spiro atoms. The number of aromatic nitrogens is 5. The Labute approximate surface area is 700 Å². The average Bonchev–Trinajstić information content (AvgIpc) is 1.51. The summed E-state index contributed by atoms with van der Waals surface area (Å²) < 4.78 is 71.1. The Morgan fingerprint density at radius 1 is 0.742 bits per heavy atom. The van der Waals surface area contributed by atoms with Crippen molar-refractivity contribution in [3.8, 4) is 11.3 Å². The SMILES string of the molecule is CO[C@H]1C[C@@H]2CC[C@@H](C)[C@@](O)(O2)C(=O)C(=O)N2CCCC[C@H]2C(=O)O[C@H]([C@H](N)C[C@@H]2CC[C@@H](OC(=O)NCCOCCOCCOCCOCCOCCOCCC(=O)N3CCc4cc(Cn5nc(-c6ccc7oc(N)nc7c6)c6c(N)ncnc65)ccc4C3)[C@H](OC)C2)CC(=O)[C@H](C)/C=C(\C)[C@@H](O)[C@@H](O)C(=O)[C@H](C)C[C@H](C)/C=C/C=CC=C1C. The first-order valence-corrected chi connectivity index (χ1v) is 42.1. The van der Waals surface area contributed by atoms with Crippen molar-refractivity contribution in [2.24, 2.45) is 35.3 Å². The summed E-state index contributed by atoms with van der Waals surface area (Å²) in [5, 5.41) is 42.9. The number of allylic oxidation sites excluding steroid dienone is 6. The van der Waals surface area contributed by atoms with Crippen molar-refractivity contribution < 1.29 is 105 Å². The lowest BCUT2D eigenvalue weighted by molar-refractivity contribution is -0.265. The van der Waals surface area contributed by atoms with Gasteiger partial charge in [0.1, 0.15) is 59.6 Å². The van der Waals surface area contributed by atoms with Gasteiger partial charge in [-0.3, -0.25) is 24.0 Å². The number of hydrogen-bond acceptors (Lipinski definition) is 29. The Balaban J connectivity index is 0.584. The molecule has 7 heterocycles. The van der Waals surface area contributed by atoms with Gasteiger partial charge in [-0.15, -0.1) is 0 Å². The second-order valence-electron chi connectivity index (χ2n) is 32.2. The molecule has 2 saturated heterocycles. The maximum Gasteiger partial charge on any atom is 0.407 e. The van der Waals surface area contributed by atoms with Crippen LogP contribution in [0, 0.1) is 29.6 Å². The van der Waals surface area contributed by atoms with Crippen LogP contribution >= 0.6 is 0 Å². The number of ketones is 3. The van der Waals surface area contributed by atoms with E-state index in [2.05, 4.69) is 32.4 Å². The zero-order chi connectivity index (χ0) is 86.0. The van der Waals surface area contributed by atoms with Crippen LogP contribution in [0.2, 0.25) is 0 Å². The van der Waals surface area contributed by atoms with Crippen LogP contribution in [0.25, 0.3) is 33.4 Å². The number of amides is 3. The average molecular weight is 1670 g/mol. The fraction of sp³-hybridized carbons (Fsp3) is 0.621. The molecular formula is C87H123N11O22. The van der Waals surface area contributed by atoms with E-state index in [1.54, 1.807) is 33.9 Å². The highest BCUT2D eigenvalue weighted by molar-refractivity contribution is 6.39. The first-order valence-electron chi connectivity index (χ1n) is 42.1. The predicted octanol–water partition coefficient (Wildman–Crippen LogP) is 7.19. The van der Waals surface area contributed by atoms with E-state index in [-0.39, 0.29) is 87.9 Å². The van der Waals surface area contributed by atoms with Gasteiger partial charge in [0, 0.05) is 82.6 Å². The molecule has 1 aliphatic carbocycles. The minimum absolute atomic E-state index is 0.00261. The quantitative estimate of drug-likeness (QED) is 0.0103. The van der Waals surface area contributed by atoms with Crippen molar-refractivity contribution in [2.45, 2.75) is 205 Å². The van der Waals surface area contributed by atoms with Gasteiger partial charge in [0.2, 0.25) is 11.7 Å². The maximum absolute atomic E-state index is 14.7. The van der Waals surface area contributed by atoms with E-state index in [0.717, 1.165) is 33.6 Å². The number of nitrogens with two attached hydrogens (primary N) is 3. The molecule has 33 nitrogen and oxygen atoms in total. The van der Waals surface area contributed by atoms with Gasteiger partial charge in [-0.05, 0) is 142 Å². The van der Waals surface area contributed by atoms with Crippen LogP contribution in [0.3, 0.4) is 0 Å². The number of Topliss-reactive ketones (excluding diaryl/α,β-unsaturated/α-hetero) is 3. The highest BCUT2D eigenvalue weighted by Crippen LogP contribution is 2.39. The van der Waals surface area contributed by atoms with E-state index >= 15 is 0 Å². The molecule has 2 bridgehead atoms. The largest absolute Gasteiger partial charge is 0.459 e. The van der Waals surface area contributed by atoms with Crippen LogP contribution in [0.5, 0.6) is 0 Å². The summed E-state index contributed by atoms with van der Waals surface area (Å²) in [6.07, 6.45) is 9.17. The summed E-state index contributed by atoms with van der Waals surface area (Å²) in [5.41, 5.74) is 26.7. The van der Waals surface area contributed by atoms with E-state index in [9.17, 15) is 48.9 Å². The molecular weight excluding hydrogens is 1550 g/mol. The van der Waals surface area contributed by atoms with Gasteiger partial charge in [0.05, 0.1) is 116 Å². The standard InChI is InChI=1S/C87H123N11O22/c1-53-14-10-9-11-15-54(2)71(109-7)48-64-22-17-58(6)87(108,120-64)80(104)83(105)97-28-13-12-16-67(97)84(106)117-72(49-68(99)55(3)43-57(5)78(102)79(103)77(101)56(4)42-53)65(88)45-59-19-23-70(73(46-59)110-8)119-86(107)91-27-31-112-33-35-114-37-39-116-41-40-115-38-36-113-34-32-111-30-26-74(100)96-29-25-61-44-60(18-20-63(61)51-96)50-98-82-75(81(89)92-52-93-82)76(95-98)62-21-24-69-66(47-62)94-85(90)118-69/h9-11,14-15,18,20-21,24,43-44,47,52-53,55-56,58-59,64-65,67,70-73,78-79,102-103,108H,12-13,16-17,19,22-23,25-42,45-46,48-51,88H2,1-8H3,(H2,90,94)(H,91,107)(H2,89,92,93)/b11-9?,14-10+,54-15?,57-43+/t53-,55-,56-,58-,59+,64+,65-,67+,70-,71+,72+,73-,78-,79+,87-/m1/s1. The number of rotatable bonds is 30. The van der Waals surface area contributed by atoms with Gasteiger partial charge in [-0.2, -0.15) is 10.1 Å². The van der Waals surface area contributed by atoms with Gasteiger partial charge in [-0.1, -0.05) is 82.4 Å². The number of carbonyl (C=O) groups is 7. The van der Waals surface area contributed by atoms with E-state index in [1.165, 1.54) is 32.0 Å². The molecule has 3 fully saturated rings. The molecule has 33 heteroatoms. The Morgan fingerprint density at radius 3 is 2.16 bits per heavy atom. The minimum atomic E-state index is -2.51. The highest BCUT2D eigenvalue weighted by Gasteiger charge is 2.53. The van der Waals surface area contributed by atoms with Crippen molar-refractivity contribution >= 4 is 75.2 Å². The molecule has 2 aromatic carbocycles. The van der Waals surface area contributed by atoms with Gasteiger partial charge >= 0.3 is 12.1 Å². The summed E-state index contributed by atoms with van der Waals surface area (Å²) in [5.74, 6) is -8.96. The zero-order valence-corrected chi connectivity index (χ0v) is 70.5. The third-order valence-corrected chi connectivity index (χ3v) is 23.3. The molecule has 658 valence electrons. The van der Waals surface area contributed by atoms with Crippen LogP contribution in [0.1, 0.15) is 142 Å². The number of aliphatic hydroxyl groups excluding tert-OH is 2. The molecule has 5 aliphatic rings. The molecule has 120 heavy (non-hydrogen) atoms. The number of anilines is 2. The lowest BCUT2D eigenvalue weighted by atomic mass is 9.80. The molecule has 10 rings (SSSR count). The number of piperidine rings is 1. The number of esters is 1. The van der Waals surface area contributed by atoms with Crippen molar-refractivity contribution in [2.75, 3.05) is 125 Å². The van der Waals surface area contributed by atoms with Crippen LogP contribution in [-0.2, 0) is 100 Å². The number of nitrogens with one attached hydrogen (secondary N) is 1. The first kappa shape index (κ1) is 93.5. The molecule has 3 aromatic heterocycles. The van der Waals surface area contributed by atoms with Crippen molar-refractivity contribution in [1.29, 1.82) is 0 Å². The monoisotopic (exact) mass is 1670 g/mol. The van der Waals surface area contributed by atoms with Gasteiger partial charge < -0.3 is 104 Å². The first-order chi connectivity index (χ1) is 57.7. The molecule has 15 atom stereocenters. The van der Waals surface area contributed by atoms with Crippen LogP contribution in [-0.4, -0.2) is 265 Å². The van der Waals surface area contributed by atoms with Crippen molar-refractivity contribution in [3.63, 3.8) is 0 Å². The number of benzene rings is 2. The molecule has 5 aromatic rings. The molecule has 1 saturated carbocycles. The lowest BCUT2D eigenvalue weighted by Gasteiger charge is -2.42. The van der Waals surface area contributed by atoms with E-state index in [4.69, 9.17) is 78.8 Å². The fourth-order valence-corrected chi connectivity index (χ4v) is 16.2. The zero-order valence-electron chi connectivity index (χ0n) is 70.5. The Kier molecular flexibility index (Phi) is 35.7. The molecule has 4 aliphatic heterocycles. The number of cyclic esters (lactones) is 1. The summed E-state index contributed by atoms with van der Waals surface area (Å²) in [7, 11) is 3.06. The smallest absolute Gasteiger partial charge is 0.407 e. The minimum Gasteiger partial charge on any atom is -0.459 e. The number of alkyl carbamates (subject to hydrolysis) is 1. The van der Waals surface area contributed by atoms with Crippen LogP contribution in [0.4, 0.5) is 16.6 Å². The molecule has 0 unspecified atom stereocenters. The van der Waals surface area contributed by atoms with Gasteiger partial charge in [0.25, 0.3) is 17.7 Å². The van der Waals surface area contributed by atoms with Crippen molar-refractivity contribution in [1.82, 2.24) is 39.8 Å². The van der Waals surface area contributed by atoms with E-state index < -0.39 is 120 Å². The topological polar surface area (TPSA) is 448 Å². The van der Waals surface area contributed by atoms with Gasteiger partial charge in [-0.25, -0.2) is 24.2 Å². The Hall–Kier alpha value is -8.81. The number of aliphatic hydroxyl groups is 3. The van der Waals surface area contributed by atoms with Crippen molar-refractivity contribution in [3.05, 3.63) is 107 Å². The summed E-state index contributed by atoms with van der Waals surface area (Å²) in [4.78, 5) is 114. The predicted molar refractivity (Wildman–Crippen MR) is 443 cm³/mol. The third kappa shape index (κ3) is 25.9. The number of carbonyl (C=O) groups excluding carboxylic acids is 7. The fourth-order valence-electron chi connectivity index (χ4n) is 16.2. The third-order valence-electron chi connectivity index (χ3n) is 23.3. The second-order valence-corrected chi connectivity index (χ2v) is 32.2. The van der Waals surface area contributed by atoms with Crippen LogP contribution < -0.4 is 22.5 Å². The number of fused-ring (bicyclic) bond motifs is 6. The Bertz CT molecular complexity index is 4380. The van der Waals surface area contributed by atoms with Crippen LogP contribution in [0.15, 0.2) is 94.7 Å². The maximum atomic E-state index is 14.7. The van der Waals surface area contributed by atoms with E-state index in [0.29, 0.717) is 164 Å². The summed E-state index contributed by atoms with van der Waals surface area (Å²) in [6, 6.07) is 9.63. The highest BCUT2D eigenvalue weighted by atomic mass is 16.6. The normalized spacial score (nSPS) is 27.2. The second kappa shape index (κ2) is 45.9. The van der Waals surface area contributed by atoms with Gasteiger partial charge in [0.15, 0.2) is 17.0 Å². The van der Waals surface area contributed by atoms with E-state index in [1.807, 2.05) is 72.0 Å². The Morgan fingerprint density at radius 2 is 1.45 bits per heavy atom. The summed E-state index contributed by atoms with van der Waals surface area (Å²) in [6.45, 7) is 15.9. The molecule has 0 radical (unpaired) electrons. The number of ether oxygens (including phenoxy) is 11. The lowest BCUT2D eigenvalue weighted by Crippen LogP contribution is -2.61. The number of oxazole rings is 1. The molecule has 3 amide bonds. The molecule has 10 N–H and O–H groups in total. The number of hydrogen-bond donors (Lipinski definition) is 7. The summed E-state index contributed by atoms with van der Waals surface area (Å²) >= 11 is 0. The number of methoxy groups -OCH3 is 2. The number of nitrogen functional groups attached to an aromatic ring is 2.